The standard InChI is InChI=1S/C11H20BrNO/c1-9(12)11(14)13-8-4-7-10-5-2-3-6-10/h9-10H,2-8H2,1H3,(H,13,14). The molecule has 1 saturated carbocycles. The van der Waals surface area contributed by atoms with E-state index >= 15 is 0 Å². The van der Waals surface area contributed by atoms with Gasteiger partial charge in [0.1, 0.15) is 0 Å². The molecule has 0 aromatic rings. The summed E-state index contributed by atoms with van der Waals surface area (Å²) < 4.78 is 0. The fraction of sp³-hybridized carbons (Fsp3) is 0.909. The highest BCUT2D eigenvalue weighted by Gasteiger charge is 2.14. The Labute approximate surface area is 95.0 Å². The van der Waals surface area contributed by atoms with Crippen LogP contribution in [-0.2, 0) is 4.79 Å². The number of carbonyl (C=O) groups is 1. The molecule has 3 heteroatoms. The highest BCUT2D eigenvalue weighted by Crippen LogP contribution is 2.28. The van der Waals surface area contributed by atoms with E-state index in [0.717, 1.165) is 18.9 Å². The van der Waals surface area contributed by atoms with E-state index in [0.29, 0.717) is 0 Å². The minimum absolute atomic E-state index is 0.0611. The second-order valence-electron chi connectivity index (χ2n) is 4.20. The first-order chi connectivity index (χ1) is 6.70. The normalized spacial score (nSPS) is 19.6. The molecule has 1 atom stereocenters. The molecule has 1 amide bonds. The third-order valence-electron chi connectivity index (χ3n) is 2.92. The molecule has 0 aliphatic heterocycles. The molecule has 1 unspecified atom stereocenters. The van der Waals surface area contributed by atoms with Crippen LogP contribution < -0.4 is 5.32 Å². The molecule has 1 N–H and O–H groups in total. The minimum atomic E-state index is -0.0611. The van der Waals surface area contributed by atoms with Gasteiger partial charge in [-0.25, -0.2) is 0 Å². The van der Waals surface area contributed by atoms with Crippen LogP contribution in [0.3, 0.4) is 0 Å². The Morgan fingerprint density at radius 2 is 2.14 bits per heavy atom. The molecule has 0 heterocycles. The van der Waals surface area contributed by atoms with Crippen LogP contribution in [0, 0.1) is 5.92 Å². The first-order valence-electron chi connectivity index (χ1n) is 5.62. The van der Waals surface area contributed by atoms with Crippen molar-refractivity contribution in [3.63, 3.8) is 0 Å². The van der Waals surface area contributed by atoms with Crippen LogP contribution in [0.25, 0.3) is 0 Å². The quantitative estimate of drug-likeness (QED) is 0.599. The lowest BCUT2D eigenvalue weighted by atomic mass is 10.0. The van der Waals surface area contributed by atoms with E-state index in [1.54, 1.807) is 0 Å². The third kappa shape index (κ3) is 4.45. The van der Waals surface area contributed by atoms with E-state index in [1.165, 1.54) is 32.1 Å². The van der Waals surface area contributed by atoms with Gasteiger partial charge in [-0.1, -0.05) is 41.6 Å². The number of halogens is 1. The molecule has 0 aromatic heterocycles. The first-order valence-corrected chi connectivity index (χ1v) is 6.53. The molecular weight excluding hydrogens is 242 g/mol. The maximum atomic E-state index is 11.2. The van der Waals surface area contributed by atoms with E-state index in [9.17, 15) is 4.79 Å². The topological polar surface area (TPSA) is 29.1 Å². The monoisotopic (exact) mass is 261 g/mol. The number of hydrogen-bond acceptors (Lipinski definition) is 1. The summed E-state index contributed by atoms with van der Waals surface area (Å²) in [5, 5.41) is 2.92. The van der Waals surface area contributed by atoms with Crippen molar-refractivity contribution in [1.29, 1.82) is 0 Å². The zero-order chi connectivity index (χ0) is 10.4. The molecule has 82 valence electrons. The van der Waals surface area contributed by atoms with Gasteiger partial charge in [0.25, 0.3) is 0 Å². The molecule has 0 bridgehead atoms. The summed E-state index contributed by atoms with van der Waals surface area (Å²) in [6.07, 6.45) is 8.06. The molecule has 0 saturated heterocycles. The first kappa shape index (κ1) is 12.0. The van der Waals surface area contributed by atoms with Gasteiger partial charge in [0.05, 0.1) is 4.83 Å². The molecule has 0 aromatic carbocycles. The maximum Gasteiger partial charge on any atom is 0.233 e. The Morgan fingerprint density at radius 1 is 1.50 bits per heavy atom. The molecular formula is C11H20BrNO. The summed E-state index contributed by atoms with van der Waals surface area (Å²) in [7, 11) is 0. The largest absolute Gasteiger partial charge is 0.355 e. The van der Waals surface area contributed by atoms with Crippen LogP contribution in [0.15, 0.2) is 0 Å². The molecule has 0 radical (unpaired) electrons. The highest BCUT2D eigenvalue weighted by molar-refractivity contribution is 9.10. The lowest BCUT2D eigenvalue weighted by Crippen LogP contribution is -2.30. The molecule has 14 heavy (non-hydrogen) atoms. The highest BCUT2D eigenvalue weighted by atomic mass is 79.9. The maximum absolute atomic E-state index is 11.2. The van der Waals surface area contributed by atoms with Crippen molar-refractivity contribution in [3.8, 4) is 0 Å². The van der Waals surface area contributed by atoms with Crippen LogP contribution >= 0.6 is 15.9 Å². The summed E-state index contributed by atoms with van der Waals surface area (Å²) in [5.41, 5.74) is 0. The van der Waals surface area contributed by atoms with Crippen molar-refractivity contribution < 1.29 is 4.79 Å². The SMILES string of the molecule is CC(Br)C(=O)NCCCC1CCCC1. The van der Waals surface area contributed by atoms with E-state index in [2.05, 4.69) is 21.2 Å². The average molecular weight is 262 g/mol. The number of nitrogens with one attached hydrogen (secondary N) is 1. The van der Waals surface area contributed by atoms with Crippen molar-refractivity contribution in [1.82, 2.24) is 5.32 Å². The van der Waals surface area contributed by atoms with Gasteiger partial charge in [-0.2, -0.15) is 0 Å². The number of hydrogen-bond donors (Lipinski definition) is 1. The Balaban J connectivity index is 1.96. The van der Waals surface area contributed by atoms with Gasteiger partial charge in [0.2, 0.25) is 5.91 Å². The zero-order valence-corrected chi connectivity index (χ0v) is 10.5. The Kier molecular flexibility index (Phi) is 5.53. The smallest absolute Gasteiger partial charge is 0.233 e. The van der Waals surface area contributed by atoms with Gasteiger partial charge >= 0.3 is 0 Å². The van der Waals surface area contributed by atoms with Crippen LogP contribution in [0.4, 0.5) is 0 Å². The lowest BCUT2D eigenvalue weighted by Gasteiger charge is -2.09. The van der Waals surface area contributed by atoms with Crippen molar-refractivity contribution >= 4 is 21.8 Å². The number of alkyl halides is 1. The van der Waals surface area contributed by atoms with Crippen molar-refractivity contribution in [3.05, 3.63) is 0 Å². The second-order valence-corrected chi connectivity index (χ2v) is 5.57. The molecule has 1 rings (SSSR count). The van der Waals surface area contributed by atoms with Crippen molar-refractivity contribution in [2.24, 2.45) is 5.92 Å². The van der Waals surface area contributed by atoms with Crippen LogP contribution in [0.1, 0.15) is 45.4 Å². The predicted molar refractivity (Wildman–Crippen MR) is 62.6 cm³/mol. The van der Waals surface area contributed by atoms with Crippen LogP contribution in [0.5, 0.6) is 0 Å². The van der Waals surface area contributed by atoms with Gasteiger partial charge in [-0.3, -0.25) is 4.79 Å². The zero-order valence-electron chi connectivity index (χ0n) is 8.89. The summed E-state index contributed by atoms with van der Waals surface area (Å²) in [6, 6.07) is 0. The van der Waals surface area contributed by atoms with E-state index in [1.807, 2.05) is 6.92 Å². The van der Waals surface area contributed by atoms with Gasteiger partial charge in [0, 0.05) is 6.54 Å². The van der Waals surface area contributed by atoms with Crippen molar-refractivity contribution in [2.45, 2.75) is 50.3 Å². The third-order valence-corrected chi connectivity index (χ3v) is 3.34. The number of carbonyl (C=O) groups excluding carboxylic acids is 1. The van der Waals surface area contributed by atoms with Crippen LogP contribution in [0.2, 0.25) is 0 Å². The molecule has 0 spiro atoms. The van der Waals surface area contributed by atoms with Crippen LogP contribution in [-0.4, -0.2) is 17.3 Å². The predicted octanol–water partition coefficient (Wildman–Crippen LogP) is 2.86. The summed E-state index contributed by atoms with van der Waals surface area (Å²) in [6.45, 7) is 2.69. The molecule has 1 aliphatic rings. The van der Waals surface area contributed by atoms with Crippen molar-refractivity contribution in [2.75, 3.05) is 6.54 Å². The fourth-order valence-electron chi connectivity index (χ4n) is 2.04. The van der Waals surface area contributed by atoms with E-state index in [-0.39, 0.29) is 10.7 Å². The molecule has 1 aliphatic carbocycles. The summed E-state index contributed by atoms with van der Waals surface area (Å²) >= 11 is 3.25. The van der Waals surface area contributed by atoms with Gasteiger partial charge in [0.15, 0.2) is 0 Å². The Bertz CT molecular complexity index is 176. The summed E-state index contributed by atoms with van der Waals surface area (Å²) in [5.74, 6) is 1.05. The average Bonchev–Trinajstić information content (AvgIpc) is 2.64. The molecule has 1 fully saturated rings. The van der Waals surface area contributed by atoms with Gasteiger partial charge in [-0.05, 0) is 25.7 Å². The Hall–Kier alpha value is -0.0500. The van der Waals surface area contributed by atoms with Gasteiger partial charge in [-0.15, -0.1) is 0 Å². The molecule has 2 nitrogen and oxygen atoms in total. The number of rotatable bonds is 5. The lowest BCUT2D eigenvalue weighted by molar-refractivity contribution is -0.120. The van der Waals surface area contributed by atoms with E-state index < -0.39 is 0 Å². The number of amides is 1. The minimum Gasteiger partial charge on any atom is -0.355 e. The van der Waals surface area contributed by atoms with Gasteiger partial charge < -0.3 is 5.32 Å². The van der Waals surface area contributed by atoms with E-state index in [4.69, 9.17) is 0 Å². The summed E-state index contributed by atoms with van der Waals surface area (Å²) in [4.78, 5) is 11.1. The Morgan fingerprint density at radius 3 is 2.71 bits per heavy atom. The fourth-order valence-corrected chi connectivity index (χ4v) is 2.20. The second kappa shape index (κ2) is 6.44.